The van der Waals surface area contributed by atoms with E-state index >= 15 is 0 Å². The first-order valence-electron chi connectivity index (χ1n) is 5.46. The Morgan fingerprint density at radius 1 is 1.33 bits per heavy atom. The second-order valence-electron chi connectivity index (χ2n) is 4.26. The molecule has 82 valence electrons. The topological polar surface area (TPSA) is 29.3 Å². The molecule has 2 N–H and O–H groups in total. The van der Waals surface area contributed by atoms with Crippen LogP contribution in [0.1, 0.15) is 18.4 Å². The van der Waals surface area contributed by atoms with Crippen molar-refractivity contribution in [2.75, 3.05) is 13.1 Å². The summed E-state index contributed by atoms with van der Waals surface area (Å²) < 4.78 is 0. The lowest BCUT2D eigenvalue weighted by molar-refractivity contribution is 0.201. The Labute approximate surface area is 96.0 Å². The summed E-state index contributed by atoms with van der Waals surface area (Å²) in [5.74, 6) is 0. The molecule has 0 bridgehead atoms. The summed E-state index contributed by atoms with van der Waals surface area (Å²) in [5, 5.41) is 0.800. The molecule has 1 fully saturated rings. The van der Waals surface area contributed by atoms with E-state index < -0.39 is 0 Å². The second-order valence-corrected chi connectivity index (χ2v) is 4.70. The van der Waals surface area contributed by atoms with Crippen molar-refractivity contribution in [1.82, 2.24) is 4.90 Å². The maximum Gasteiger partial charge on any atom is 0.0406 e. The van der Waals surface area contributed by atoms with Crippen LogP contribution in [-0.4, -0.2) is 24.0 Å². The normalized spacial score (nSPS) is 22.9. The minimum absolute atomic E-state index is 0.353. The van der Waals surface area contributed by atoms with E-state index in [2.05, 4.69) is 17.0 Å². The Morgan fingerprint density at radius 2 is 2.07 bits per heavy atom. The van der Waals surface area contributed by atoms with Crippen LogP contribution in [0.15, 0.2) is 24.3 Å². The molecular formula is C12H17ClN2. The van der Waals surface area contributed by atoms with Crippen molar-refractivity contribution in [1.29, 1.82) is 0 Å². The molecule has 0 saturated carbocycles. The number of likely N-dealkylation sites (tertiary alicyclic amines) is 1. The van der Waals surface area contributed by atoms with Crippen molar-refractivity contribution in [3.05, 3.63) is 34.9 Å². The van der Waals surface area contributed by atoms with Crippen molar-refractivity contribution >= 4 is 11.6 Å². The van der Waals surface area contributed by atoms with Gasteiger partial charge in [-0.05, 0) is 37.1 Å². The molecule has 0 radical (unpaired) electrons. The highest BCUT2D eigenvalue weighted by Crippen LogP contribution is 2.14. The maximum atomic E-state index is 5.94. The van der Waals surface area contributed by atoms with E-state index in [9.17, 15) is 0 Å². The van der Waals surface area contributed by atoms with Gasteiger partial charge in [-0.25, -0.2) is 0 Å². The molecule has 0 unspecified atom stereocenters. The highest BCUT2D eigenvalue weighted by atomic mass is 35.5. The first kappa shape index (κ1) is 10.9. The van der Waals surface area contributed by atoms with Crippen molar-refractivity contribution in [2.24, 2.45) is 5.73 Å². The van der Waals surface area contributed by atoms with Crippen molar-refractivity contribution in [3.63, 3.8) is 0 Å². The van der Waals surface area contributed by atoms with E-state index in [0.29, 0.717) is 6.04 Å². The molecule has 1 heterocycles. The maximum absolute atomic E-state index is 5.94. The minimum atomic E-state index is 0.353. The Balaban J connectivity index is 1.93. The molecule has 1 aromatic carbocycles. The average molecular weight is 225 g/mol. The zero-order valence-electron chi connectivity index (χ0n) is 8.82. The van der Waals surface area contributed by atoms with Gasteiger partial charge >= 0.3 is 0 Å². The van der Waals surface area contributed by atoms with Gasteiger partial charge in [0.1, 0.15) is 0 Å². The van der Waals surface area contributed by atoms with Gasteiger partial charge in [0, 0.05) is 24.2 Å². The van der Waals surface area contributed by atoms with Crippen LogP contribution < -0.4 is 5.73 Å². The van der Waals surface area contributed by atoms with E-state index in [1.807, 2.05) is 12.1 Å². The summed E-state index contributed by atoms with van der Waals surface area (Å²) in [5.41, 5.74) is 7.25. The van der Waals surface area contributed by atoms with Crippen LogP contribution in [0, 0.1) is 0 Å². The van der Waals surface area contributed by atoms with E-state index in [-0.39, 0.29) is 0 Å². The van der Waals surface area contributed by atoms with Crippen LogP contribution in [0.25, 0.3) is 0 Å². The number of nitrogens with zero attached hydrogens (tertiary/aromatic N) is 1. The van der Waals surface area contributed by atoms with Crippen LogP contribution in [0.4, 0.5) is 0 Å². The highest BCUT2D eigenvalue weighted by Gasteiger charge is 2.16. The van der Waals surface area contributed by atoms with Crippen molar-refractivity contribution < 1.29 is 0 Å². The monoisotopic (exact) mass is 224 g/mol. The molecule has 1 atom stereocenters. The number of halogens is 1. The molecule has 1 aromatic rings. The molecule has 2 nitrogen and oxygen atoms in total. The molecule has 1 saturated heterocycles. The highest BCUT2D eigenvalue weighted by molar-refractivity contribution is 6.30. The summed E-state index contributed by atoms with van der Waals surface area (Å²) in [7, 11) is 0. The van der Waals surface area contributed by atoms with E-state index in [1.54, 1.807) is 0 Å². The zero-order chi connectivity index (χ0) is 10.7. The zero-order valence-corrected chi connectivity index (χ0v) is 9.58. The number of rotatable bonds is 2. The van der Waals surface area contributed by atoms with Crippen molar-refractivity contribution in [3.8, 4) is 0 Å². The second kappa shape index (κ2) is 4.97. The summed E-state index contributed by atoms with van der Waals surface area (Å²) in [4.78, 5) is 2.41. The molecule has 0 amide bonds. The van der Waals surface area contributed by atoms with Gasteiger partial charge in [-0.15, -0.1) is 0 Å². The lowest BCUT2D eigenvalue weighted by Crippen LogP contribution is -2.42. The number of benzene rings is 1. The Kier molecular flexibility index (Phi) is 3.62. The summed E-state index contributed by atoms with van der Waals surface area (Å²) in [6.07, 6.45) is 2.38. The van der Waals surface area contributed by atoms with Gasteiger partial charge in [0.2, 0.25) is 0 Å². The fraction of sp³-hybridized carbons (Fsp3) is 0.500. The summed E-state index contributed by atoms with van der Waals surface area (Å²) in [6, 6.07) is 8.41. The molecule has 2 rings (SSSR count). The minimum Gasteiger partial charge on any atom is -0.327 e. The van der Waals surface area contributed by atoms with Crippen LogP contribution in [0.5, 0.6) is 0 Å². The third-order valence-corrected chi connectivity index (χ3v) is 3.11. The smallest absolute Gasteiger partial charge is 0.0406 e. The van der Waals surface area contributed by atoms with Gasteiger partial charge in [-0.3, -0.25) is 4.90 Å². The fourth-order valence-electron chi connectivity index (χ4n) is 2.08. The molecule has 0 aromatic heterocycles. The average Bonchev–Trinajstić information content (AvgIpc) is 2.22. The number of piperidine rings is 1. The quantitative estimate of drug-likeness (QED) is 0.835. The molecule has 15 heavy (non-hydrogen) atoms. The van der Waals surface area contributed by atoms with Crippen LogP contribution in [0.3, 0.4) is 0 Å². The molecule has 0 spiro atoms. The first-order chi connectivity index (χ1) is 7.24. The van der Waals surface area contributed by atoms with Gasteiger partial charge in [0.05, 0.1) is 0 Å². The standard InChI is InChI=1S/C12H17ClN2/c13-11-5-3-10(4-6-11)8-15-7-1-2-12(14)9-15/h3-6,12H,1-2,7-9,14H2/t12-/m1/s1. The Morgan fingerprint density at radius 3 is 2.73 bits per heavy atom. The number of hydrogen-bond acceptors (Lipinski definition) is 2. The third-order valence-electron chi connectivity index (χ3n) is 2.86. The lowest BCUT2D eigenvalue weighted by Gasteiger charge is -2.30. The van der Waals surface area contributed by atoms with E-state index in [1.165, 1.54) is 12.0 Å². The Bertz CT molecular complexity index is 310. The number of nitrogens with two attached hydrogens (primary N) is 1. The predicted molar refractivity (Wildman–Crippen MR) is 63.9 cm³/mol. The van der Waals surface area contributed by atoms with Crippen LogP contribution >= 0.6 is 11.6 Å². The van der Waals surface area contributed by atoms with Crippen LogP contribution in [0.2, 0.25) is 5.02 Å². The Hall–Kier alpha value is -0.570. The first-order valence-corrected chi connectivity index (χ1v) is 5.84. The molecule has 3 heteroatoms. The van der Waals surface area contributed by atoms with E-state index in [4.69, 9.17) is 17.3 Å². The van der Waals surface area contributed by atoms with E-state index in [0.717, 1.165) is 31.1 Å². The fourth-order valence-corrected chi connectivity index (χ4v) is 2.21. The van der Waals surface area contributed by atoms with Gasteiger partial charge in [0.15, 0.2) is 0 Å². The van der Waals surface area contributed by atoms with Crippen LogP contribution in [-0.2, 0) is 6.54 Å². The molecule has 1 aliphatic heterocycles. The largest absolute Gasteiger partial charge is 0.327 e. The lowest BCUT2D eigenvalue weighted by atomic mass is 10.1. The number of hydrogen-bond donors (Lipinski definition) is 1. The van der Waals surface area contributed by atoms with Gasteiger partial charge in [0.25, 0.3) is 0 Å². The van der Waals surface area contributed by atoms with Gasteiger partial charge < -0.3 is 5.73 Å². The molecule has 0 aliphatic carbocycles. The third kappa shape index (κ3) is 3.20. The summed E-state index contributed by atoms with van der Waals surface area (Å²) in [6.45, 7) is 3.17. The van der Waals surface area contributed by atoms with Gasteiger partial charge in [-0.2, -0.15) is 0 Å². The summed E-state index contributed by atoms with van der Waals surface area (Å²) >= 11 is 5.84. The molecule has 1 aliphatic rings. The molecular weight excluding hydrogens is 208 g/mol. The SMILES string of the molecule is N[C@@H]1CCCN(Cc2ccc(Cl)cc2)C1. The van der Waals surface area contributed by atoms with Crippen molar-refractivity contribution in [2.45, 2.75) is 25.4 Å². The predicted octanol–water partition coefficient (Wildman–Crippen LogP) is 2.26. The van der Waals surface area contributed by atoms with Gasteiger partial charge in [-0.1, -0.05) is 23.7 Å².